The highest BCUT2D eigenvalue weighted by Gasteiger charge is 2.10. The minimum atomic E-state index is 0.553. The van der Waals surface area contributed by atoms with Crippen LogP contribution in [0.3, 0.4) is 0 Å². The Hall–Kier alpha value is -1.38. The highest BCUT2D eigenvalue weighted by atomic mass is 32.2. The van der Waals surface area contributed by atoms with Gasteiger partial charge < -0.3 is 0 Å². The van der Waals surface area contributed by atoms with Crippen LogP contribution in [0.5, 0.6) is 0 Å². The average Bonchev–Trinajstić information content (AvgIpc) is 2.51. The van der Waals surface area contributed by atoms with Gasteiger partial charge in [-0.05, 0) is 30.7 Å². The molecule has 2 aromatic carbocycles. The maximum absolute atomic E-state index is 2.35. The van der Waals surface area contributed by atoms with Crippen molar-refractivity contribution in [2.24, 2.45) is 0 Å². The van der Waals surface area contributed by atoms with E-state index in [4.69, 9.17) is 0 Å². The van der Waals surface area contributed by atoms with Crippen molar-refractivity contribution in [1.29, 1.82) is 0 Å². The van der Waals surface area contributed by atoms with Crippen molar-refractivity contribution in [2.45, 2.75) is 21.5 Å². The number of rotatable bonds is 4. The molecule has 0 fully saturated rings. The number of thioether (sulfide) groups is 2. The summed E-state index contributed by atoms with van der Waals surface area (Å²) in [5, 5.41) is 0.553. The zero-order chi connectivity index (χ0) is 13.6. The van der Waals surface area contributed by atoms with Crippen molar-refractivity contribution in [3.05, 3.63) is 83.8 Å². The second-order valence-electron chi connectivity index (χ2n) is 4.59. The molecule has 0 radical (unpaired) electrons. The van der Waals surface area contributed by atoms with Gasteiger partial charge in [0.25, 0.3) is 0 Å². The van der Waals surface area contributed by atoms with Gasteiger partial charge in [-0.1, -0.05) is 66.4 Å². The van der Waals surface area contributed by atoms with Gasteiger partial charge in [0, 0.05) is 19.9 Å². The molecular formula is C18H16S2. The maximum atomic E-state index is 2.35. The predicted molar refractivity (Wildman–Crippen MR) is 90.2 cm³/mol. The Kier molecular flexibility index (Phi) is 4.67. The molecule has 0 saturated heterocycles. The van der Waals surface area contributed by atoms with Gasteiger partial charge in [-0.25, -0.2) is 0 Å². The molecule has 3 rings (SSSR count). The van der Waals surface area contributed by atoms with Gasteiger partial charge in [0.15, 0.2) is 0 Å². The fourth-order valence-corrected chi connectivity index (χ4v) is 3.95. The van der Waals surface area contributed by atoms with Crippen LogP contribution in [-0.2, 0) is 0 Å². The lowest BCUT2D eigenvalue weighted by molar-refractivity contribution is 1.05. The molecule has 0 saturated carbocycles. The summed E-state index contributed by atoms with van der Waals surface area (Å²) in [6.07, 6.45) is 8.02. The van der Waals surface area contributed by atoms with Gasteiger partial charge in [-0.15, -0.1) is 11.8 Å². The van der Waals surface area contributed by atoms with Gasteiger partial charge >= 0.3 is 0 Å². The lowest BCUT2D eigenvalue weighted by Crippen LogP contribution is -2.00. The normalized spacial score (nSPS) is 17.8. The molecule has 1 aliphatic carbocycles. The minimum absolute atomic E-state index is 0.553. The number of hydrogen-bond acceptors (Lipinski definition) is 2. The Bertz CT molecular complexity index is 600. The van der Waals surface area contributed by atoms with E-state index in [1.165, 1.54) is 14.7 Å². The third kappa shape index (κ3) is 3.81. The summed E-state index contributed by atoms with van der Waals surface area (Å²) in [7, 11) is 0. The zero-order valence-electron chi connectivity index (χ0n) is 11.1. The van der Waals surface area contributed by atoms with E-state index in [1.54, 1.807) is 0 Å². The van der Waals surface area contributed by atoms with Crippen LogP contribution in [0.15, 0.2) is 93.6 Å². The molecule has 100 valence electrons. The van der Waals surface area contributed by atoms with Crippen LogP contribution in [0.2, 0.25) is 0 Å². The lowest BCUT2D eigenvalue weighted by Gasteiger charge is -2.15. The Balaban J connectivity index is 1.57. The lowest BCUT2D eigenvalue weighted by atomic mass is 10.2. The van der Waals surface area contributed by atoms with E-state index in [0.29, 0.717) is 5.25 Å². The van der Waals surface area contributed by atoms with Gasteiger partial charge in [-0.3, -0.25) is 0 Å². The first-order valence-electron chi connectivity index (χ1n) is 6.73. The van der Waals surface area contributed by atoms with Gasteiger partial charge in [0.2, 0.25) is 0 Å². The molecule has 0 amide bonds. The molecule has 0 aromatic heterocycles. The Morgan fingerprint density at radius 1 is 0.800 bits per heavy atom. The largest absolute Gasteiger partial charge is 0.118 e. The highest BCUT2D eigenvalue weighted by molar-refractivity contribution is 8.03. The molecular weight excluding hydrogens is 280 g/mol. The van der Waals surface area contributed by atoms with Crippen molar-refractivity contribution in [3.8, 4) is 0 Å². The molecule has 20 heavy (non-hydrogen) atoms. The summed E-state index contributed by atoms with van der Waals surface area (Å²) < 4.78 is 0. The summed E-state index contributed by atoms with van der Waals surface area (Å²) in [6.45, 7) is 0. The fraction of sp³-hybridized carbons (Fsp3) is 0.111. The maximum Gasteiger partial charge on any atom is 0.0312 e. The second-order valence-corrected chi connectivity index (χ2v) is 7.05. The third-order valence-corrected chi connectivity index (χ3v) is 5.28. The average molecular weight is 296 g/mol. The quantitative estimate of drug-likeness (QED) is 0.701. The monoisotopic (exact) mass is 296 g/mol. The molecule has 0 nitrogen and oxygen atoms in total. The number of allylic oxidation sites excluding steroid dienone is 2. The minimum Gasteiger partial charge on any atom is -0.118 e. The molecule has 0 bridgehead atoms. The molecule has 2 heteroatoms. The van der Waals surface area contributed by atoms with Crippen LogP contribution < -0.4 is 0 Å². The summed E-state index contributed by atoms with van der Waals surface area (Å²) in [5.74, 6) is 0. The Morgan fingerprint density at radius 2 is 1.45 bits per heavy atom. The number of benzene rings is 2. The molecule has 0 heterocycles. The van der Waals surface area contributed by atoms with Crippen LogP contribution >= 0.6 is 23.5 Å². The smallest absolute Gasteiger partial charge is 0.0312 e. The van der Waals surface area contributed by atoms with E-state index in [2.05, 4.69) is 78.9 Å². The van der Waals surface area contributed by atoms with E-state index in [-0.39, 0.29) is 0 Å². The molecule has 0 aliphatic heterocycles. The summed E-state index contributed by atoms with van der Waals surface area (Å²) in [6, 6.07) is 21.2. The van der Waals surface area contributed by atoms with Crippen LogP contribution in [0, 0.1) is 0 Å². The van der Waals surface area contributed by atoms with Crippen molar-refractivity contribution in [2.75, 3.05) is 0 Å². The van der Waals surface area contributed by atoms with Crippen LogP contribution in [0.25, 0.3) is 0 Å². The standard InChI is InChI=1S/C18H16S2/c1-3-7-15(8-4-1)19-17-11-13-18(14-12-17)20-16-9-5-2-6-10-16/h1-13,18H,14H2. The first-order valence-corrected chi connectivity index (χ1v) is 8.43. The van der Waals surface area contributed by atoms with E-state index in [1.807, 2.05) is 23.5 Å². The van der Waals surface area contributed by atoms with Crippen molar-refractivity contribution >= 4 is 23.5 Å². The van der Waals surface area contributed by atoms with Crippen LogP contribution in [-0.4, -0.2) is 5.25 Å². The zero-order valence-corrected chi connectivity index (χ0v) is 12.7. The van der Waals surface area contributed by atoms with E-state index in [9.17, 15) is 0 Å². The molecule has 1 aliphatic rings. The molecule has 1 unspecified atom stereocenters. The van der Waals surface area contributed by atoms with Crippen molar-refractivity contribution in [1.82, 2.24) is 0 Å². The Labute approximate surface area is 129 Å². The first kappa shape index (κ1) is 13.6. The second kappa shape index (κ2) is 6.87. The fourth-order valence-electron chi connectivity index (χ4n) is 2.04. The molecule has 1 atom stereocenters. The Morgan fingerprint density at radius 3 is 2.05 bits per heavy atom. The van der Waals surface area contributed by atoms with E-state index < -0.39 is 0 Å². The van der Waals surface area contributed by atoms with Gasteiger partial charge in [0.05, 0.1) is 0 Å². The van der Waals surface area contributed by atoms with Crippen LogP contribution in [0.4, 0.5) is 0 Å². The van der Waals surface area contributed by atoms with E-state index >= 15 is 0 Å². The summed E-state index contributed by atoms with van der Waals surface area (Å²) >= 11 is 3.77. The summed E-state index contributed by atoms with van der Waals surface area (Å²) in [4.78, 5) is 3.99. The SMILES string of the molecule is C1=CC(Sc2ccccc2)CC=C1Sc1ccccc1. The van der Waals surface area contributed by atoms with Gasteiger partial charge in [0.1, 0.15) is 0 Å². The molecule has 2 aromatic rings. The first-order chi connectivity index (χ1) is 9.90. The van der Waals surface area contributed by atoms with Crippen molar-refractivity contribution < 1.29 is 0 Å². The topological polar surface area (TPSA) is 0 Å². The van der Waals surface area contributed by atoms with Gasteiger partial charge in [-0.2, -0.15) is 0 Å². The summed E-state index contributed by atoms with van der Waals surface area (Å²) in [5.41, 5.74) is 0. The molecule has 0 N–H and O–H groups in total. The van der Waals surface area contributed by atoms with E-state index in [0.717, 1.165) is 6.42 Å². The van der Waals surface area contributed by atoms with Crippen LogP contribution in [0.1, 0.15) is 6.42 Å². The highest BCUT2D eigenvalue weighted by Crippen LogP contribution is 2.34. The van der Waals surface area contributed by atoms with Crippen molar-refractivity contribution in [3.63, 3.8) is 0 Å². The number of hydrogen-bond donors (Lipinski definition) is 0. The third-order valence-electron chi connectivity index (χ3n) is 3.04. The molecule has 0 spiro atoms. The predicted octanol–water partition coefficient (Wildman–Crippen LogP) is 5.78.